The van der Waals surface area contributed by atoms with Gasteiger partial charge in [-0.1, -0.05) is 43.7 Å². The molecule has 15 heavy (non-hydrogen) atoms. The number of aliphatic hydroxyl groups is 1. The molecular weight excluding hydrogens is 188 g/mol. The van der Waals surface area contributed by atoms with Gasteiger partial charge in [0.15, 0.2) is 0 Å². The predicted molar refractivity (Wildman–Crippen MR) is 61.6 cm³/mol. The van der Waals surface area contributed by atoms with Crippen LogP contribution in [-0.4, -0.2) is 17.8 Å². The molecule has 0 spiro atoms. The first kappa shape index (κ1) is 12.2. The minimum atomic E-state index is -0.203. The highest BCUT2D eigenvalue weighted by Crippen LogP contribution is 2.04. The Morgan fingerprint density at radius 1 is 1.20 bits per heavy atom. The van der Waals surface area contributed by atoms with Crippen LogP contribution in [0, 0.1) is 0 Å². The summed E-state index contributed by atoms with van der Waals surface area (Å²) in [5, 5.41) is 9.47. The largest absolute Gasteiger partial charge is 0.393 e. The summed E-state index contributed by atoms with van der Waals surface area (Å²) in [4.78, 5) is 0. The number of hydrogen-bond donors (Lipinski definition) is 1. The Kier molecular flexibility index (Phi) is 6.05. The fourth-order valence-electron chi connectivity index (χ4n) is 1.46. The van der Waals surface area contributed by atoms with Crippen LogP contribution in [0.2, 0.25) is 0 Å². The van der Waals surface area contributed by atoms with Crippen molar-refractivity contribution in [1.29, 1.82) is 0 Å². The van der Waals surface area contributed by atoms with Crippen LogP contribution in [0.5, 0.6) is 0 Å². The first-order chi connectivity index (χ1) is 7.33. The third-order valence-corrected chi connectivity index (χ3v) is 2.33. The second-order valence-corrected chi connectivity index (χ2v) is 3.77. The van der Waals surface area contributed by atoms with Crippen molar-refractivity contribution in [3.8, 4) is 0 Å². The van der Waals surface area contributed by atoms with Gasteiger partial charge in [0.05, 0.1) is 12.7 Å². The van der Waals surface area contributed by atoms with E-state index in [-0.39, 0.29) is 6.10 Å². The van der Waals surface area contributed by atoms with E-state index in [2.05, 4.69) is 6.92 Å². The van der Waals surface area contributed by atoms with E-state index in [9.17, 15) is 5.11 Å². The van der Waals surface area contributed by atoms with Crippen LogP contribution in [0.4, 0.5) is 0 Å². The smallest absolute Gasteiger partial charge is 0.0716 e. The fourth-order valence-corrected chi connectivity index (χ4v) is 1.46. The van der Waals surface area contributed by atoms with Crippen molar-refractivity contribution in [2.75, 3.05) is 6.61 Å². The van der Waals surface area contributed by atoms with Crippen LogP contribution in [-0.2, 0) is 11.3 Å². The molecule has 0 saturated heterocycles. The predicted octanol–water partition coefficient (Wildman–Crippen LogP) is 2.75. The molecule has 1 aromatic carbocycles. The molecular formula is C13H20O2. The van der Waals surface area contributed by atoms with Gasteiger partial charge in [0.25, 0.3) is 0 Å². The molecule has 0 fully saturated rings. The summed E-state index contributed by atoms with van der Waals surface area (Å²) in [7, 11) is 0. The van der Waals surface area contributed by atoms with E-state index in [1.807, 2.05) is 30.3 Å². The van der Waals surface area contributed by atoms with Crippen LogP contribution in [0.15, 0.2) is 30.3 Å². The summed E-state index contributed by atoms with van der Waals surface area (Å²) in [5.74, 6) is 0. The lowest BCUT2D eigenvalue weighted by Crippen LogP contribution is -2.09. The van der Waals surface area contributed by atoms with E-state index >= 15 is 0 Å². The average Bonchev–Trinajstić information content (AvgIpc) is 2.26. The van der Waals surface area contributed by atoms with Gasteiger partial charge < -0.3 is 9.84 Å². The number of rotatable bonds is 7. The van der Waals surface area contributed by atoms with Gasteiger partial charge in [0, 0.05) is 6.61 Å². The van der Waals surface area contributed by atoms with Crippen molar-refractivity contribution >= 4 is 0 Å². The van der Waals surface area contributed by atoms with Crippen LogP contribution in [0.3, 0.4) is 0 Å². The Morgan fingerprint density at radius 2 is 1.93 bits per heavy atom. The maximum absolute atomic E-state index is 9.47. The summed E-state index contributed by atoms with van der Waals surface area (Å²) >= 11 is 0. The Balaban J connectivity index is 2.07. The SMILES string of the molecule is CCC[C@H](O)CCOCc1ccccc1. The molecule has 84 valence electrons. The Bertz CT molecular complexity index is 246. The summed E-state index contributed by atoms with van der Waals surface area (Å²) in [6.07, 6.45) is 2.43. The number of ether oxygens (including phenoxy) is 1. The zero-order valence-electron chi connectivity index (χ0n) is 9.36. The van der Waals surface area contributed by atoms with Gasteiger partial charge in [-0.2, -0.15) is 0 Å². The molecule has 0 aliphatic heterocycles. The first-order valence-corrected chi connectivity index (χ1v) is 5.62. The highest BCUT2D eigenvalue weighted by molar-refractivity contribution is 5.13. The van der Waals surface area contributed by atoms with Crippen molar-refractivity contribution in [3.05, 3.63) is 35.9 Å². The Morgan fingerprint density at radius 3 is 2.60 bits per heavy atom. The summed E-state index contributed by atoms with van der Waals surface area (Å²) in [6, 6.07) is 10.1. The van der Waals surface area contributed by atoms with Crippen molar-refractivity contribution in [1.82, 2.24) is 0 Å². The molecule has 1 rings (SSSR count). The van der Waals surface area contributed by atoms with Crippen LogP contribution >= 0.6 is 0 Å². The Labute approximate surface area is 91.9 Å². The first-order valence-electron chi connectivity index (χ1n) is 5.62. The highest BCUT2D eigenvalue weighted by Gasteiger charge is 2.01. The van der Waals surface area contributed by atoms with Gasteiger partial charge in [-0.25, -0.2) is 0 Å². The van der Waals surface area contributed by atoms with Crippen molar-refractivity contribution < 1.29 is 9.84 Å². The van der Waals surface area contributed by atoms with E-state index in [0.29, 0.717) is 13.2 Å². The summed E-state index contributed by atoms with van der Waals surface area (Å²) in [5.41, 5.74) is 1.18. The lowest BCUT2D eigenvalue weighted by atomic mass is 10.1. The second kappa shape index (κ2) is 7.43. The van der Waals surface area contributed by atoms with Gasteiger partial charge in [-0.15, -0.1) is 0 Å². The fraction of sp³-hybridized carbons (Fsp3) is 0.538. The third kappa shape index (κ3) is 5.55. The van der Waals surface area contributed by atoms with E-state index in [1.165, 1.54) is 5.56 Å². The average molecular weight is 208 g/mol. The molecule has 0 bridgehead atoms. The van der Waals surface area contributed by atoms with Crippen molar-refractivity contribution in [3.63, 3.8) is 0 Å². The number of aliphatic hydroxyl groups excluding tert-OH is 1. The van der Waals surface area contributed by atoms with Crippen LogP contribution < -0.4 is 0 Å². The van der Waals surface area contributed by atoms with Crippen molar-refractivity contribution in [2.45, 2.75) is 38.9 Å². The van der Waals surface area contributed by atoms with E-state index in [1.54, 1.807) is 0 Å². The lowest BCUT2D eigenvalue weighted by molar-refractivity contribution is 0.0698. The minimum absolute atomic E-state index is 0.203. The molecule has 0 aliphatic rings. The molecule has 0 saturated carbocycles. The summed E-state index contributed by atoms with van der Waals surface area (Å²) < 4.78 is 5.48. The maximum Gasteiger partial charge on any atom is 0.0716 e. The molecule has 0 aromatic heterocycles. The van der Waals surface area contributed by atoms with Crippen LogP contribution in [0.1, 0.15) is 31.7 Å². The topological polar surface area (TPSA) is 29.5 Å². The molecule has 0 amide bonds. The maximum atomic E-state index is 9.47. The molecule has 0 unspecified atom stereocenters. The number of hydrogen-bond acceptors (Lipinski definition) is 2. The monoisotopic (exact) mass is 208 g/mol. The highest BCUT2D eigenvalue weighted by atomic mass is 16.5. The van der Waals surface area contributed by atoms with Gasteiger partial charge in [0.1, 0.15) is 0 Å². The third-order valence-electron chi connectivity index (χ3n) is 2.33. The summed E-state index contributed by atoms with van der Waals surface area (Å²) in [6.45, 7) is 3.35. The van der Waals surface area contributed by atoms with Gasteiger partial charge in [-0.3, -0.25) is 0 Å². The number of benzene rings is 1. The van der Waals surface area contributed by atoms with Crippen molar-refractivity contribution in [2.24, 2.45) is 0 Å². The van der Waals surface area contributed by atoms with E-state index in [0.717, 1.165) is 19.3 Å². The molecule has 2 nitrogen and oxygen atoms in total. The minimum Gasteiger partial charge on any atom is -0.393 e. The lowest BCUT2D eigenvalue weighted by Gasteiger charge is -2.09. The zero-order chi connectivity index (χ0) is 10.9. The van der Waals surface area contributed by atoms with E-state index in [4.69, 9.17) is 4.74 Å². The molecule has 0 radical (unpaired) electrons. The molecule has 1 aromatic rings. The quantitative estimate of drug-likeness (QED) is 0.698. The Hall–Kier alpha value is -0.860. The molecule has 1 N–H and O–H groups in total. The van der Waals surface area contributed by atoms with Gasteiger partial charge >= 0.3 is 0 Å². The standard InChI is InChI=1S/C13H20O2/c1-2-6-13(14)9-10-15-11-12-7-4-3-5-8-12/h3-5,7-8,13-14H,2,6,9-11H2,1H3/t13-/m0/s1. The molecule has 2 heteroatoms. The van der Waals surface area contributed by atoms with Crippen LogP contribution in [0.25, 0.3) is 0 Å². The van der Waals surface area contributed by atoms with Gasteiger partial charge in [-0.05, 0) is 18.4 Å². The molecule has 0 aliphatic carbocycles. The molecule has 0 heterocycles. The zero-order valence-corrected chi connectivity index (χ0v) is 9.36. The van der Waals surface area contributed by atoms with Gasteiger partial charge in [0.2, 0.25) is 0 Å². The molecule has 1 atom stereocenters. The van der Waals surface area contributed by atoms with E-state index < -0.39 is 0 Å². The normalized spacial score (nSPS) is 12.7. The second-order valence-electron chi connectivity index (χ2n) is 3.77.